The number of aliphatic hydroxyl groups is 1. The fourth-order valence-electron chi connectivity index (χ4n) is 2.11. The molecule has 1 rings (SSSR count). The monoisotopic (exact) mass is 264 g/mol. The molecule has 0 aromatic heterocycles. The van der Waals surface area contributed by atoms with E-state index in [2.05, 4.69) is 5.32 Å². The summed E-state index contributed by atoms with van der Waals surface area (Å²) in [5, 5.41) is 12.5. The van der Waals surface area contributed by atoms with E-state index in [-0.39, 0.29) is 12.5 Å². The van der Waals surface area contributed by atoms with Gasteiger partial charge in [-0.15, -0.1) is 0 Å². The van der Waals surface area contributed by atoms with Crippen molar-refractivity contribution in [3.63, 3.8) is 0 Å². The van der Waals surface area contributed by atoms with E-state index in [1.807, 2.05) is 32.0 Å². The Bertz CT molecular complexity index is 406. The topological polar surface area (TPSA) is 75.3 Å². The fourth-order valence-corrected chi connectivity index (χ4v) is 2.11. The molecule has 0 unspecified atom stereocenters. The first-order valence-corrected chi connectivity index (χ1v) is 6.83. The summed E-state index contributed by atoms with van der Waals surface area (Å²) in [5.41, 5.74) is 6.62. The standard InChI is InChI=1S/C15H24N2O2/c1-3-15(4-2,11-18)17-14(19)13-8-6-5-7-12(13)9-10-16/h5-8,18H,3-4,9-11,16H2,1-2H3,(H,17,19). The van der Waals surface area contributed by atoms with E-state index >= 15 is 0 Å². The first-order valence-electron chi connectivity index (χ1n) is 6.83. The lowest BCUT2D eigenvalue weighted by Gasteiger charge is -2.31. The zero-order chi connectivity index (χ0) is 14.3. The largest absolute Gasteiger partial charge is 0.394 e. The molecule has 0 bridgehead atoms. The maximum absolute atomic E-state index is 12.4. The zero-order valence-electron chi connectivity index (χ0n) is 11.8. The van der Waals surface area contributed by atoms with E-state index in [1.54, 1.807) is 6.07 Å². The number of carbonyl (C=O) groups is 1. The van der Waals surface area contributed by atoms with Crippen LogP contribution in [0, 0.1) is 0 Å². The van der Waals surface area contributed by atoms with Crippen molar-refractivity contribution >= 4 is 5.91 Å². The number of nitrogens with two attached hydrogens (primary N) is 1. The van der Waals surface area contributed by atoms with Gasteiger partial charge in [0.2, 0.25) is 0 Å². The first-order chi connectivity index (χ1) is 9.12. The third-order valence-electron chi connectivity index (χ3n) is 3.71. The smallest absolute Gasteiger partial charge is 0.252 e. The van der Waals surface area contributed by atoms with Gasteiger partial charge >= 0.3 is 0 Å². The van der Waals surface area contributed by atoms with Gasteiger partial charge in [-0.05, 0) is 37.4 Å². The minimum atomic E-state index is -0.535. The van der Waals surface area contributed by atoms with Crippen molar-refractivity contribution in [3.05, 3.63) is 35.4 Å². The van der Waals surface area contributed by atoms with E-state index in [4.69, 9.17) is 5.73 Å². The van der Waals surface area contributed by atoms with Crippen LogP contribution in [0.3, 0.4) is 0 Å². The van der Waals surface area contributed by atoms with Gasteiger partial charge in [-0.1, -0.05) is 32.0 Å². The molecule has 0 atom stereocenters. The van der Waals surface area contributed by atoms with Gasteiger partial charge in [-0.25, -0.2) is 0 Å². The van der Waals surface area contributed by atoms with Crippen molar-refractivity contribution in [1.82, 2.24) is 5.32 Å². The van der Waals surface area contributed by atoms with Gasteiger partial charge in [-0.2, -0.15) is 0 Å². The van der Waals surface area contributed by atoms with Gasteiger partial charge in [0.05, 0.1) is 12.1 Å². The summed E-state index contributed by atoms with van der Waals surface area (Å²) in [4.78, 5) is 12.4. The van der Waals surface area contributed by atoms with E-state index in [1.165, 1.54) is 0 Å². The van der Waals surface area contributed by atoms with Crippen LogP contribution in [-0.4, -0.2) is 29.7 Å². The van der Waals surface area contributed by atoms with Crippen LogP contribution < -0.4 is 11.1 Å². The van der Waals surface area contributed by atoms with Gasteiger partial charge < -0.3 is 16.2 Å². The molecule has 106 valence electrons. The quantitative estimate of drug-likeness (QED) is 0.698. The number of nitrogens with one attached hydrogen (secondary N) is 1. The average Bonchev–Trinajstić information content (AvgIpc) is 2.46. The molecule has 0 aliphatic carbocycles. The molecule has 4 heteroatoms. The molecule has 0 aliphatic heterocycles. The van der Waals surface area contributed by atoms with Crippen LogP contribution in [0.1, 0.15) is 42.6 Å². The van der Waals surface area contributed by atoms with Crippen LogP contribution in [0.25, 0.3) is 0 Å². The molecule has 0 aliphatic rings. The Balaban J connectivity index is 2.94. The van der Waals surface area contributed by atoms with Crippen molar-refractivity contribution in [2.45, 2.75) is 38.6 Å². The highest BCUT2D eigenvalue weighted by molar-refractivity contribution is 5.96. The predicted octanol–water partition coefficient (Wildman–Crippen LogP) is 1.47. The Morgan fingerprint density at radius 2 is 1.95 bits per heavy atom. The normalized spacial score (nSPS) is 11.4. The maximum Gasteiger partial charge on any atom is 0.252 e. The summed E-state index contributed by atoms with van der Waals surface area (Å²) in [6.45, 7) is 4.39. The van der Waals surface area contributed by atoms with Crippen LogP contribution in [0.15, 0.2) is 24.3 Å². The molecule has 1 aromatic carbocycles. The summed E-state index contributed by atoms with van der Waals surface area (Å²) in [5.74, 6) is -0.137. The minimum absolute atomic E-state index is 0.0508. The molecule has 19 heavy (non-hydrogen) atoms. The van der Waals surface area contributed by atoms with Crippen LogP contribution in [0.2, 0.25) is 0 Å². The van der Waals surface area contributed by atoms with Crippen molar-refractivity contribution < 1.29 is 9.90 Å². The number of rotatable bonds is 7. The molecular weight excluding hydrogens is 240 g/mol. The highest BCUT2D eigenvalue weighted by Crippen LogP contribution is 2.17. The third-order valence-corrected chi connectivity index (χ3v) is 3.71. The number of benzene rings is 1. The lowest BCUT2D eigenvalue weighted by molar-refractivity contribution is 0.0817. The predicted molar refractivity (Wildman–Crippen MR) is 77.1 cm³/mol. The molecule has 1 amide bonds. The maximum atomic E-state index is 12.4. The number of hydrogen-bond donors (Lipinski definition) is 3. The van der Waals surface area contributed by atoms with E-state index < -0.39 is 5.54 Å². The Morgan fingerprint density at radius 3 is 2.47 bits per heavy atom. The van der Waals surface area contributed by atoms with Gasteiger partial charge in [0.25, 0.3) is 5.91 Å². The first kappa shape index (κ1) is 15.7. The van der Waals surface area contributed by atoms with E-state index in [0.717, 1.165) is 5.56 Å². The summed E-state index contributed by atoms with van der Waals surface area (Å²) in [6.07, 6.45) is 2.07. The molecular formula is C15H24N2O2. The summed E-state index contributed by atoms with van der Waals surface area (Å²) in [7, 11) is 0. The second-order valence-corrected chi connectivity index (χ2v) is 4.80. The van der Waals surface area contributed by atoms with Crippen molar-refractivity contribution in [2.75, 3.05) is 13.2 Å². The number of amides is 1. The minimum Gasteiger partial charge on any atom is -0.394 e. The number of aliphatic hydroxyl groups excluding tert-OH is 1. The van der Waals surface area contributed by atoms with Gasteiger partial charge in [0.1, 0.15) is 0 Å². The van der Waals surface area contributed by atoms with Crippen molar-refractivity contribution in [3.8, 4) is 0 Å². The number of hydrogen-bond acceptors (Lipinski definition) is 3. The van der Waals surface area contributed by atoms with Crippen molar-refractivity contribution in [2.24, 2.45) is 5.73 Å². The second kappa shape index (κ2) is 7.26. The lowest BCUT2D eigenvalue weighted by atomic mass is 9.93. The molecule has 0 fully saturated rings. The molecule has 0 saturated carbocycles. The summed E-state index contributed by atoms with van der Waals surface area (Å²) in [6, 6.07) is 7.46. The SMILES string of the molecule is CCC(CC)(CO)NC(=O)c1ccccc1CCN. The molecule has 0 heterocycles. The van der Waals surface area contributed by atoms with Crippen molar-refractivity contribution in [1.29, 1.82) is 0 Å². The second-order valence-electron chi connectivity index (χ2n) is 4.80. The molecule has 1 aromatic rings. The highest BCUT2D eigenvalue weighted by atomic mass is 16.3. The Morgan fingerprint density at radius 1 is 1.32 bits per heavy atom. The molecule has 4 nitrogen and oxygen atoms in total. The summed E-state index contributed by atoms with van der Waals surface area (Å²) < 4.78 is 0. The number of carbonyl (C=O) groups excluding carboxylic acids is 1. The third kappa shape index (κ3) is 3.78. The van der Waals surface area contributed by atoms with E-state index in [0.29, 0.717) is 31.4 Å². The Kier molecular flexibility index (Phi) is 5.99. The van der Waals surface area contributed by atoms with Crippen LogP contribution in [0.4, 0.5) is 0 Å². The van der Waals surface area contributed by atoms with Crippen LogP contribution in [-0.2, 0) is 6.42 Å². The Hall–Kier alpha value is -1.39. The fraction of sp³-hybridized carbons (Fsp3) is 0.533. The Labute approximate surface area is 115 Å². The van der Waals surface area contributed by atoms with E-state index in [9.17, 15) is 9.90 Å². The lowest BCUT2D eigenvalue weighted by Crippen LogP contribution is -2.50. The van der Waals surface area contributed by atoms with Crippen LogP contribution >= 0.6 is 0 Å². The molecule has 0 saturated heterocycles. The van der Waals surface area contributed by atoms with Gasteiger partial charge in [0, 0.05) is 5.56 Å². The van der Waals surface area contributed by atoms with Gasteiger partial charge in [0.15, 0.2) is 0 Å². The summed E-state index contributed by atoms with van der Waals surface area (Å²) >= 11 is 0. The average molecular weight is 264 g/mol. The zero-order valence-corrected chi connectivity index (χ0v) is 11.8. The molecule has 0 spiro atoms. The molecule has 0 radical (unpaired) electrons. The van der Waals surface area contributed by atoms with Crippen LogP contribution in [0.5, 0.6) is 0 Å². The highest BCUT2D eigenvalue weighted by Gasteiger charge is 2.28. The van der Waals surface area contributed by atoms with Gasteiger partial charge in [-0.3, -0.25) is 4.79 Å². The molecule has 4 N–H and O–H groups in total.